The molecule has 0 amide bonds. The summed E-state index contributed by atoms with van der Waals surface area (Å²) in [6, 6.07) is 8.84. The van der Waals surface area contributed by atoms with E-state index in [1.54, 1.807) is 0 Å². The first-order chi connectivity index (χ1) is 12.3. The minimum Gasteiger partial charge on any atom is -0.478 e. The predicted molar refractivity (Wildman–Crippen MR) is 102 cm³/mol. The van der Waals surface area contributed by atoms with E-state index in [0.29, 0.717) is 24.1 Å². The van der Waals surface area contributed by atoms with Crippen molar-refractivity contribution in [3.8, 4) is 0 Å². The Morgan fingerprint density at radius 2 is 1.88 bits per heavy atom. The second-order valence-electron chi connectivity index (χ2n) is 6.57. The second kappa shape index (κ2) is 11.7. The SMILES string of the molecule is CC(C)CN(Cc1ccccc1Cl)[C@H]1CCNC1.O=C(O)/C=C/C(=O)O. The topological polar surface area (TPSA) is 89.9 Å². The van der Waals surface area contributed by atoms with E-state index in [1.165, 1.54) is 12.0 Å². The molecule has 26 heavy (non-hydrogen) atoms. The minimum atomic E-state index is -1.26. The summed E-state index contributed by atoms with van der Waals surface area (Å²) in [5, 5.41) is 20.0. The van der Waals surface area contributed by atoms with Crippen LogP contribution in [0.5, 0.6) is 0 Å². The third-order valence-corrected chi connectivity index (χ3v) is 4.22. The molecule has 0 aromatic heterocycles. The van der Waals surface area contributed by atoms with Crippen LogP contribution < -0.4 is 5.32 Å². The van der Waals surface area contributed by atoms with Crippen LogP contribution in [0.4, 0.5) is 0 Å². The summed E-state index contributed by atoms with van der Waals surface area (Å²) in [7, 11) is 0. The molecule has 1 aliphatic rings. The van der Waals surface area contributed by atoms with Gasteiger partial charge in [0.05, 0.1) is 0 Å². The molecule has 2 rings (SSSR count). The lowest BCUT2D eigenvalue weighted by Crippen LogP contribution is -2.38. The van der Waals surface area contributed by atoms with Gasteiger partial charge in [0.15, 0.2) is 0 Å². The summed E-state index contributed by atoms with van der Waals surface area (Å²) in [5.74, 6) is -1.83. The van der Waals surface area contributed by atoms with Crippen molar-refractivity contribution in [2.75, 3.05) is 19.6 Å². The van der Waals surface area contributed by atoms with Gasteiger partial charge in [0.2, 0.25) is 0 Å². The molecular weight excluding hydrogens is 356 g/mol. The molecule has 0 bridgehead atoms. The van der Waals surface area contributed by atoms with E-state index in [4.69, 9.17) is 21.8 Å². The van der Waals surface area contributed by atoms with Crippen LogP contribution in [0.25, 0.3) is 0 Å². The van der Waals surface area contributed by atoms with Gasteiger partial charge in [-0.3, -0.25) is 4.90 Å². The van der Waals surface area contributed by atoms with E-state index in [2.05, 4.69) is 36.2 Å². The third-order valence-electron chi connectivity index (χ3n) is 3.85. The van der Waals surface area contributed by atoms with Crippen LogP contribution in [0.3, 0.4) is 0 Å². The van der Waals surface area contributed by atoms with Gasteiger partial charge in [-0.1, -0.05) is 43.6 Å². The molecule has 3 N–H and O–H groups in total. The number of carboxylic acids is 2. The van der Waals surface area contributed by atoms with Crippen LogP contribution >= 0.6 is 11.6 Å². The average molecular weight is 383 g/mol. The minimum absolute atomic E-state index is 0.558. The number of nitrogens with zero attached hydrogens (tertiary/aromatic N) is 1. The van der Waals surface area contributed by atoms with E-state index in [9.17, 15) is 9.59 Å². The Balaban J connectivity index is 0.000000359. The predicted octanol–water partition coefficient (Wildman–Crippen LogP) is 2.87. The summed E-state index contributed by atoms with van der Waals surface area (Å²) in [5.41, 5.74) is 1.24. The molecule has 1 atom stereocenters. The number of aliphatic carboxylic acids is 2. The highest BCUT2D eigenvalue weighted by Gasteiger charge is 2.23. The zero-order chi connectivity index (χ0) is 19.5. The van der Waals surface area contributed by atoms with Crippen LogP contribution in [-0.2, 0) is 16.1 Å². The van der Waals surface area contributed by atoms with Crippen molar-refractivity contribution >= 4 is 23.5 Å². The van der Waals surface area contributed by atoms with Gasteiger partial charge in [-0.15, -0.1) is 0 Å². The lowest BCUT2D eigenvalue weighted by atomic mass is 10.1. The summed E-state index contributed by atoms with van der Waals surface area (Å²) >= 11 is 6.27. The highest BCUT2D eigenvalue weighted by molar-refractivity contribution is 6.31. The Morgan fingerprint density at radius 1 is 1.27 bits per heavy atom. The van der Waals surface area contributed by atoms with E-state index >= 15 is 0 Å². The van der Waals surface area contributed by atoms with Crippen molar-refractivity contribution in [1.29, 1.82) is 0 Å². The standard InChI is InChI=1S/C15H23ClN2.C4H4O4/c1-12(2)10-18(14-7-8-17-9-14)11-13-5-3-4-6-15(13)16;5-3(6)1-2-4(7)8/h3-6,12,14,17H,7-11H2,1-2H3;1-2H,(H,5,6)(H,7,8)/b;2-1+/t14-;/m0./s1. The van der Waals surface area contributed by atoms with Gasteiger partial charge in [-0.05, 0) is 30.5 Å². The third kappa shape index (κ3) is 8.99. The van der Waals surface area contributed by atoms with Crippen molar-refractivity contribution in [2.45, 2.75) is 32.9 Å². The molecule has 0 radical (unpaired) electrons. The quantitative estimate of drug-likeness (QED) is 0.628. The molecule has 0 spiro atoms. The van der Waals surface area contributed by atoms with Gasteiger partial charge in [-0.2, -0.15) is 0 Å². The van der Waals surface area contributed by atoms with E-state index < -0.39 is 11.9 Å². The first-order valence-electron chi connectivity index (χ1n) is 8.61. The number of rotatable bonds is 7. The Bertz CT molecular complexity index is 597. The van der Waals surface area contributed by atoms with Crippen LogP contribution in [-0.4, -0.2) is 52.7 Å². The van der Waals surface area contributed by atoms with Crippen molar-refractivity contribution < 1.29 is 19.8 Å². The molecule has 1 aromatic carbocycles. The summed E-state index contributed by atoms with van der Waals surface area (Å²) in [4.78, 5) is 21.7. The van der Waals surface area contributed by atoms with Crippen molar-refractivity contribution in [3.63, 3.8) is 0 Å². The van der Waals surface area contributed by atoms with E-state index in [0.717, 1.165) is 31.2 Å². The Hall–Kier alpha value is -1.89. The maximum atomic E-state index is 9.55. The smallest absolute Gasteiger partial charge is 0.328 e. The average Bonchev–Trinajstić information content (AvgIpc) is 3.09. The van der Waals surface area contributed by atoms with Crippen LogP contribution in [0.1, 0.15) is 25.8 Å². The normalized spacial score (nSPS) is 16.7. The van der Waals surface area contributed by atoms with Crippen LogP contribution in [0.2, 0.25) is 5.02 Å². The van der Waals surface area contributed by atoms with Crippen molar-refractivity contribution in [2.24, 2.45) is 5.92 Å². The van der Waals surface area contributed by atoms with Crippen molar-refractivity contribution in [3.05, 3.63) is 47.0 Å². The summed E-state index contributed by atoms with van der Waals surface area (Å²) in [6.45, 7) is 8.91. The molecule has 144 valence electrons. The Kier molecular flexibility index (Phi) is 9.95. The van der Waals surface area contributed by atoms with Gasteiger partial charge in [0, 0.05) is 42.9 Å². The molecule has 0 unspecified atom stereocenters. The van der Waals surface area contributed by atoms with E-state index in [-0.39, 0.29) is 0 Å². The molecule has 1 aliphatic heterocycles. The Morgan fingerprint density at radius 3 is 2.35 bits per heavy atom. The molecule has 1 fully saturated rings. The van der Waals surface area contributed by atoms with Gasteiger partial charge >= 0.3 is 11.9 Å². The zero-order valence-electron chi connectivity index (χ0n) is 15.2. The number of hydrogen-bond donors (Lipinski definition) is 3. The Labute approximate surface area is 159 Å². The first-order valence-corrected chi connectivity index (χ1v) is 8.99. The number of halogens is 1. The fourth-order valence-corrected chi connectivity index (χ4v) is 2.95. The second-order valence-corrected chi connectivity index (χ2v) is 6.98. The van der Waals surface area contributed by atoms with Gasteiger partial charge in [0.25, 0.3) is 0 Å². The first kappa shape index (κ1) is 22.2. The molecule has 0 aliphatic carbocycles. The van der Waals surface area contributed by atoms with Gasteiger partial charge < -0.3 is 15.5 Å². The maximum absolute atomic E-state index is 9.55. The molecule has 0 saturated carbocycles. The molecule has 1 heterocycles. The van der Waals surface area contributed by atoms with Crippen molar-refractivity contribution in [1.82, 2.24) is 10.2 Å². The number of nitrogens with one attached hydrogen (secondary N) is 1. The van der Waals surface area contributed by atoms with Crippen LogP contribution in [0.15, 0.2) is 36.4 Å². The molecule has 1 saturated heterocycles. The lowest BCUT2D eigenvalue weighted by Gasteiger charge is -2.30. The van der Waals surface area contributed by atoms with E-state index in [1.807, 2.05) is 12.1 Å². The number of hydrogen-bond acceptors (Lipinski definition) is 4. The summed E-state index contributed by atoms with van der Waals surface area (Å²) in [6.07, 6.45) is 2.36. The lowest BCUT2D eigenvalue weighted by molar-refractivity contribution is -0.134. The number of benzene rings is 1. The summed E-state index contributed by atoms with van der Waals surface area (Å²) < 4.78 is 0. The molecular formula is C19H27ClN2O4. The largest absolute Gasteiger partial charge is 0.478 e. The maximum Gasteiger partial charge on any atom is 0.328 e. The van der Waals surface area contributed by atoms with Crippen LogP contribution in [0, 0.1) is 5.92 Å². The monoisotopic (exact) mass is 382 g/mol. The zero-order valence-corrected chi connectivity index (χ0v) is 15.9. The molecule has 1 aromatic rings. The van der Waals surface area contributed by atoms with Gasteiger partial charge in [-0.25, -0.2) is 9.59 Å². The fourth-order valence-electron chi connectivity index (χ4n) is 2.75. The fraction of sp³-hybridized carbons (Fsp3) is 0.474. The van der Waals surface area contributed by atoms with Gasteiger partial charge in [0.1, 0.15) is 0 Å². The number of carbonyl (C=O) groups is 2. The highest BCUT2D eigenvalue weighted by atomic mass is 35.5. The molecule has 7 heteroatoms. The molecule has 6 nitrogen and oxygen atoms in total. The number of carboxylic acid groups (broad SMARTS) is 2. The highest BCUT2D eigenvalue weighted by Crippen LogP contribution is 2.20.